The monoisotopic (exact) mass is 337 g/mol. The van der Waals surface area contributed by atoms with E-state index in [4.69, 9.17) is 16.3 Å². The number of benzene rings is 1. The summed E-state index contributed by atoms with van der Waals surface area (Å²) in [7, 11) is 1.55. The summed E-state index contributed by atoms with van der Waals surface area (Å²) in [5.41, 5.74) is 3.18. The molecule has 0 aliphatic carbocycles. The number of nitrogens with zero attached hydrogens (tertiary/aromatic N) is 5. The number of hydrogen-bond donors (Lipinski definition) is 0. The molecule has 4 rings (SSSR count). The number of para-hydroxylation sites is 1. The van der Waals surface area contributed by atoms with Crippen LogP contribution in [0.3, 0.4) is 0 Å². The zero-order valence-electron chi connectivity index (χ0n) is 12.7. The van der Waals surface area contributed by atoms with Gasteiger partial charge in [-0.25, -0.2) is 19.9 Å². The van der Waals surface area contributed by atoms with E-state index < -0.39 is 0 Å². The molecule has 0 saturated heterocycles. The van der Waals surface area contributed by atoms with Crippen LogP contribution in [0, 0.1) is 0 Å². The van der Waals surface area contributed by atoms with Crippen molar-refractivity contribution in [3.05, 3.63) is 60.4 Å². The van der Waals surface area contributed by atoms with Crippen LogP contribution in [0.15, 0.2) is 55.2 Å². The fraction of sp³-hybridized carbons (Fsp3) is 0.0588. The van der Waals surface area contributed by atoms with Gasteiger partial charge in [0.05, 0.1) is 30.6 Å². The maximum absolute atomic E-state index is 6.33. The second-order valence-electron chi connectivity index (χ2n) is 5.06. The van der Waals surface area contributed by atoms with Gasteiger partial charge in [-0.1, -0.05) is 29.8 Å². The third-order valence-electron chi connectivity index (χ3n) is 3.68. The van der Waals surface area contributed by atoms with E-state index in [0.717, 1.165) is 16.6 Å². The predicted octanol–water partition coefficient (Wildman–Crippen LogP) is 3.54. The van der Waals surface area contributed by atoms with E-state index in [2.05, 4.69) is 19.9 Å². The summed E-state index contributed by atoms with van der Waals surface area (Å²) < 4.78 is 7.02. The smallest absolute Gasteiger partial charge is 0.232 e. The van der Waals surface area contributed by atoms with E-state index in [1.165, 1.54) is 6.33 Å². The molecule has 0 fully saturated rings. The largest absolute Gasteiger partial charge is 0.480 e. The van der Waals surface area contributed by atoms with Crippen molar-refractivity contribution in [1.82, 2.24) is 24.5 Å². The maximum Gasteiger partial charge on any atom is 0.232 e. The maximum atomic E-state index is 6.33. The first-order chi connectivity index (χ1) is 11.8. The molecule has 118 valence electrons. The average molecular weight is 338 g/mol. The molecule has 6 nitrogen and oxygen atoms in total. The molecule has 0 bridgehead atoms. The second kappa shape index (κ2) is 5.90. The minimum absolute atomic E-state index is 0.377. The highest BCUT2D eigenvalue weighted by molar-refractivity contribution is 6.35. The molecule has 0 amide bonds. The number of halogens is 1. The van der Waals surface area contributed by atoms with Crippen LogP contribution in [0.5, 0.6) is 5.88 Å². The van der Waals surface area contributed by atoms with Crippen LogP contribution in [0.4, 0.5) is 0 Å². The second-order valence-corrected chi connectivity index (χ2v) is 5.41. The Morgan fingerprint density at radius 2 is 1.83 bits per heavy atom. The molecule has 0 saturated carbocycles. The van der Waals surface area contributed by atoms with Crippen LogP contribution in [-0.4, -0.2) is 31.6 Å². The standard InChI is InChI=1S/C17H12ClN5O/c1-24-14-8-19-13(7-20-14)12-9-23(11-5-3-2-4-6-11)17-15(12)16(18)21-10-22-17/h2-10H,1H3. The number of aromatic nitrogens is 5. The fourth-order valence-corrected chi connectivity index (χ4v) is 2.79. The summed E-state index contributed by atoms with van der Waals surface area (Å²) in [4.78, 5) is 17.1. The van der Waals surface area contributed by atoms with E-state index in [-0.39, 0.29) is 0 Å². The van der Waals surface area contributed by atoms with E-state index in [0.29, 0.717) is 22.4 Å². The number of hydrogen-bond acceptors (Lipinski definition) is 5. The van der Waals surface area contributed by atoms with Gasteiger partial charge in [-0.2, -0.15) is 0 Å². The van der Waals surface area contributed by atoms with Crippen molar-refractivity contribution in [2.24, 2.45) is 0 Å². The highest BCUT2D eigenvalue weighted by Gasteiger charge is 2.17. The lowest BCUT2D eigenvalue weighted by atomic mass is 10.2. The number of methoxy groups -OCH3 is 1. The lowest BCUT2D eigenvalue weighted by Crippen LogP contribution is -1.93. The lowest BCUT2D eigenvalue weighted by molar-refractivity contribution is 0.396. The van der Waals surface area contributed by atoms with Crippen LogP contribution >= 0.6 is 11.6 Å². The molecule has 0 radical (unpaired) electrons. The molecular formula is C17H12ClN5O. The van der Waals surface area contributed by atoms with Crippen molar-refractivity contribution < 1.29 is 4.74 Å². The van der Waals surface area contributed by atoms with Gasteiger partial charge in [-0.05, 0) is 12.1 Å². The molecular weight excluding hydrogens is 326 g/mol. The number of fused-ring (bicyclic) bond motifs is 1. The number of rotatable bonds is 3. The first kappa shape index (κ1) is 14.6. The molecule has 7 heteroatoms. The van der Waals surface area contributed by atoms with Gasteiger partial charge in [0.2, 0.25) is 5.88 Å². The summed E-state index contributed by atoms with van der Waals surface area (Å²) in [6, 6.07) is 9.90. The van der Waals surface area contributed by atoms with Crippen LogP contribution in [0.1, 0.15) is 0 Å². The van der Waals surface area contributed by atoms with Gasteiger partial charge >= 0.3 is 0 Å². The zero-order chi connectivity index (χ0) is 16.5. The minimum atomic E-state index is 0.377. The van der Waals surface area contributed by atoms with Crippen LogP contribution in [0.2, 0.25) is 5.15 Å². The van der Waals surface area contributed by atoms with Gasteiger partial charge in [0, 0.05) is 17.4 Å². The first-order valence-corrected chi connectivity index (χ1v) is 7.59. The van der Waals surface area contributed by atoms with Crippen molar-refractivity contribution in [2.45, 2.75) is 0 Å². The van der Waals surface area contributed by atoms with Gasteiger partial charge in [0.1, 0.15) is 17.1 Å². The Morgan fingerprint density at radius 1 is 1.00 bits per heavy atom. The summed E-state index contributed by atoms with van der Waals surface area (Å²) in [5, 5.41) is 1.12. The third kappa shape index (κ3) is 2.37. The Morgan fingerprint density at radius 3 is 2.54 bits per heavy atom. The summed E-state index contributed by atoms with van der Waals surface area (Å²) in [5.74, 6) is 0.452. The van der Waals surface area contributed by atoms with Crippen molar-refractivity contribution in [2.75, 3.05) is 7.11 Å². The zero-order valence-corrected chi connectivity index (χ0v) is 13.5. The Balaban J connectivity index is 1.98. The first-order valence-electron chi connectivity index (χ1n) is 7.21. The third-order valence-corrected chi connectivity index (χ3v) is 3.97. The Bertz CT molecular complexity index is 999. The molecule has 3 heterocycles. The molecule has 0 unspecified atom stereocenters. The molecule has 0 spiro atoms. The summed E-state index contributed by atoms with van der Waals surface area (Å²) >= 11 is 6.33. The highest BCUT2D eigenvalue weighted by Crippen LogP contribution is 2.34. The Kier molecular flexibility index (Phi) is 3.59. The van der Waals surface area contributed by atoms with Crippen LogP contribution in [-0.2, 0) is 0 Å². The van der Waals surface area contributed by atoms with Crippen LogP contribution < -0.4 is 4.74 Å². The molecule has 0 aliphatic rings. The molecule has 1 aromatic carbocycles. The summed E-state index contributed by atoms with van der Waals surface area (Å²) in [6.07, 6.45) is 6.61. The minimum Gasteiger partial charge on any atom is -0.480 e. The highest BCUT2D eigenvalue weighted by atomic mass is 35.5. The fourth-order valence-electron chi connectivity index (χ4n) is 2.56. The Labute approximate surface area is 142 Å². The van der Waals surface area contributed by atoms with Crippen molar-refractivity contribution >= 4 is 22.6 Å². The molecule has 4 aromatic rings. The molecule has 3 aromatic heterocycles. The van der Waals surface area contributed by atoms with Crippen molar-refractivity contribution in [1.29, 1.82) is 0 Å². The van der Waals surface area contributed by atoms with Crippen molar-refractivity contribution in [3.63, 3.8) is 0 Å². The van der Waals surface area contributed by atoms with Crippen molar-refractivity contribution in [3.8, 4) is 22.8 Å². The van der Waals surface area contributed by atoms with Gasteiger partial charge in [-0.15, -0.1) is 0 Å². The molecule has 0 N–H and O–H groups in total. The van der Waals surface area contributed by atoms with E-state index in [1.54, 1.807) is 19.5 Å². The molecule has 0 aliphatic heterocycles. The molecule has 0 atom stereocenters. The quantitative estimate of drug-likeness (QED) is 0.535. The van der Waals surface area contributed by atoms with Crippen LogP contribution in [0.25, 0.3) is 28.0 Å². The van der Waals surface area contributed by atoms with E-state index >= 15 is 0 Å². The normalized spacial score (nSPS) is 10.9. The van der Waals surface area contributed by atoms with Gasteiger partial charge in [-0.3, -0.25) is 0 Å². The summed E-state index contributed by atoms with van der Waals surface area (Å²) in [6.45, 7) is 0. The molecule has 24 heavy (non-hydrogen) atoms. The average Bonchev–Trinajstić information content (AvgIpc) is 3.04. The van der Waals surface area contributed by atoms with E-state index in [1.807, 2.05) is 41.1 Å². The Hall–Kier alpha value is -2.99. The SMILES string of the molecule is COc1cnc(-c2cn(-c3ccccc3)c3ncnc(Cl)c23)cn1. The topological polar surface area (TPSA) is 65.7 Å². The lowest BCUT2D eigenvalue weighted by Gasteiger charge is -2.03. The van der Waals surface area contributed by atoms with E-state index in [9.17, 15) is 0 Å². The van der Waals surface area contributed by atoms with Gasteiger partial charge in [0.25, 0.3) is 0 Å². The van der Waals surface area contributed by atoms with Gasteiger partial charge < -0.3 is 9.30 Å². The van der Waals surface area contributed by atoms with Gasteiger partial charge in [0.15, 0.2) is 0 Å². The predicted molar refractivity (Wildman–Crippen MR) is 91.5 cm³/mol. The number of ether oxygens (including phenoxy) is 1.